The molecule has 0 saturated carbocycles. The molecule has 19 heavy (non-hydrogen) atoms. The largest absolute Gasteiger partial charge is 0.361 e. The second-order valence-corrected chi connectivity index (χ2v) is 5.11. The Morgan fingerprint density at radius 2 is 2.26 bits per heavy atom. The van der Waals surface area contributed by atoms with Crippen molar-refractivity contribution in [2.45, 2.75) is 31.7 Å². The van der Waals surface area contributed by atoms with Crippen molar-refractivity contribution in [3.05, 3.63) is 18.3 Å². The molecule has 2 rings (SSSR count). The molecule has 1 aliphatic rings. The Hall–Kier alpha value is -1.62. The lowest BCUT2D eigenvalue weighted by atomic mass is 10.1. The van der Waals surface area contributed by atoms with Gasteiger partial charge in [-0.15, -0.1) is 0 Å². The second-order valence-electron chi connectivity index (χ2n) is 5.11. The summed E-state index contributed by atoms with van der Waals surface area (Å²) >= 11 is 0. The van der Waals surface area contributed by atoms with Gasteiger partial charge < -0.3 is 15.5 Å². The average Bonchev–Trinajstić information content (AvgIpc) is 2.68. The molecule has 1 aliphatic heterocycles. The Kier molecular flexibility index (Phi) is 4.74. The summed E-state index contributed by atoms with van der Waals surface area (Å²) in [5.41, 5.74) is 0.767. The minimum Gasteiger partial charge on any atom is -0.361 e. The van der Waals surface area contributed by atoms with Crippen molar-refractivity contribution in [2.24, 2.45) is 0 Å². The van der Waals surface area contributed by atoms with Crippen LogP contribution in [0.1, 0.15) is 25.7 Å². The zero-order chi connectivity index (χ0) is 13.7. The van der Waals surface area contributed by atoms with Crippen LogP contribution in [-0.2, 0) is 4.79 Å². The third-order valence-electron chi connectivity index (χ3n) is 3.34. The van der Waals surface area contributed by atoms with Crippen LogP contribution < -0.4 is 15.5 Å². The number of carbonyl (C=O) groups is 1. The molecular formula is C14H22N4O. The van der Waals surface area contributed by atoms with E-state index in [-0.39, 0.29) is 11.9 Å². The Balaban J connectivity index is 2.05. The molecule has 104 valence electrons. The fraction of sp³-hybridized carbons (Fsp3) is 0.571. The number of anilines is 2. The van der Waals surface area contributed by atoms with E-state index in [1.807, 2.05) is 31.1 Å². The highest BCUT2D eigenvalue weighted by Crippen LogP contribution is 2.21. The van der Waals surface area contributed by atoms with Crippen LogP contribution in [-0.4, -0.2) is 37.6 Å². The summed E-state index contributed by atoms with van der Waals surface area (Å²) in [4.78, 5) is 18.5. The lowest BCUT2D eigenvalue weighted by Crippen LogP contribution is -2.40. The minimum absolute atomic E-state index is 0.0398. The molecule has 5 heteroatoms. The van der Waals surface area contributed by atoms with Gasteiger partial charge in [0.1, 0.15) is 0 Å². The minimum atomic E-state index is -0.0854. The molecular weight excluding hydrogens is 240 g/mol. The monoisotopic (exact) mass is 262 g/mol. The molecule has 2 N–H and O–H groups in total. The first-order valence-electron chi connectivity index (χ1n) is 6.85. The zero-order valence-electron chi connectivity index (χ0n) is 11.6. The van der Waals surface area contributed by atoms with Crippen LogP contribution in [0.4, 0.5) is 11.5 Å². The average molecular weight is 262 g/mol. The van der Waals surface area contributed by atoms with Gasteiger partial charge in [-0.25, -0.2) is 4.98 Å². The van der Waals surface area contributed by atoms with Crippen LogP contribution in [0.15, 0.2) is 18.3 Å². The van der Waals surface area contributed by atoms with Crippen molar-refractivity contribution in [1.82, 2.24) is 10.3 Å². The quantitative estimate of drug-likeness (QED) is 0.869. The van der Waals surface area contributed by atoms with Crippen LogP contribution in [0.2, 0.25) is 0 Å². The summed E-state index contributed by atoms with van der Waals surface area (Å²) in [6.07, 6.45) is 6.10. The first kappa shape index (κ1) is 13.8. The highest BCUT2D eigenvalue weighted by molar-refractivity contribution is 5.97. The van der Waals surface area contributed by atoms with Gasteiger partial charge in [-0.05, 0) is 31.5 Å². The Morgan fingerprint density at radius 1 is 1.42 bits per heavy atom. The third kappa shape index (κ3) is 3.67. The zero-order valence-corrected chi connectivity index (χ0v) is 11.6. The van der Waals surface area contributed by atoms with E-state index in [0.29, 0.717) is 0 Å². The van der Waals surface area contributed by atoms with Gasteiger partial charge in [-0.3, -0.25) is 4.79 Å². The number of rotatable bonds is 3. The summed E-state index contributed by atoms with van der Waals surface area (Å²) in [7, 11) is 3.84. The molecule has 0 aliphatic carbocycles. The van der Waals surface area contributed by atoms with Gasteiger partial charge in [0.15, 0.2) is 5.82 Å². The van der Waals surface area contributed by atoms with Crippen molar-refractivity contribution in [2.75, 3.05) is 30.9 Å². The van der Waals surface area contributed by atoms with Crippen molar-refractivity contribution in [3.8, 4) is 0 Å². The summed E-state index contributed by atoms with van der Waals surface area (Å²) in [5.74, 6) is 0.822. The fourth-order valence-corrected chi connectivity index (χ4v) is 2.32. The van der Waals surface area contributed by atoms with E-state index in [2.05, 4.69) is 15.6 Å². The summed E-state index contributed by atoms with van der Waals surface area (Å²) in [6, 6.07) is 3.64. The van der Waals surface area contributed by atoms with Crippen molar-refractivity contribution >= 4 is 17.4 Å². The number of nitrogens with one attached hydrogen (secondary N) is 2. The molecule has 2 heterocycles. The first-order valence-corrected chi connectivity index (χ1v) is 6.85. The Labute approximate surface area is 114 Å². The highest BCUT2D eigenvalue weighted by Gasteiger charge is 2.20. The van der Waals surface area contributed by atoms with E-state index in [9.17, 15) is 4.79 Å². The van der Waals surface area contributed by atoms with E-state index < -0.39 is 0 Å². The number of hydrogen-bond donors (Lipinski definition) is 2. The molecule has 1 aromatic heterocycles. The normalized spacial score (nSPS) is 19.6. The predicted molar refractivity (Wildman–Crippen MR) is 77.5 cm³/mol. The van der Waals surface area contributed by atoms with Gasteiger partial charge in [-0.1, -0.05) is 12.8 Å². The number of pyridine rings is 1. The number of carbonyl (C=O) groups excluding carboxylic acids is 1. The molecule has 0 aromatic carbocycles. The lowest BCUT2D eigenvalue weighted by Gasteiger charge is -2.19. The van der Waals surface area contributed by atoms with Crippen LogP contribution in [0.3, 0.4) is 0 Å². The number of amides is 1. The SMILES string of the molecule is CN(C)c1ncccc1NC(=O)C1CCCCCN1. The smallest absolute Gasteiger partial charge is 0.241 e. The molecule has 0 spiro atoms. The molecule has 1 saturated heterocycles. The van der Waals surface area contributed by atoms with E-state index in [0.717, 1.165) is 37.3 Å². The van der Waals surface area contributed by atoms with Gasteiger partial charge in [0.25, 0.3) is 0 Å². The third-order valence-corrected chi connectivity index (χ3v) is 3.34. The lowest BCUT2D eigenvalue weighted by molar-refractivity contribution is -0.118. The maximum atomic E-state index is 12.3. The van der Waals surface area contributed by atoms with Crippen LogP contribution in [0, 0.1) is 0 Å². The maximum Gasteiger partial charge on any atom is 0.241 e. The first-order chi connectivity index (χ1) is 9.18. The summed E-state index contributed by atoms with van der Waals surface area (Å²) in [6.45, 7) is 0.922. The van der Waals surface area contributed by atoms with Crippen LogP contribution in [0.25, 0.3) is 0 Å². The van der Waals surface area contributed by atoms with E-state index in [1.165, 1.54) is 6.42 Å². The molecule has 1 unspecified atom stereocenters. The number of hydrogen-bond acceptors (Lipinski definition) is 4. The van der Waals surface area contributed by atoms with Gasteiger partial charge in [0.2, 0.25) is 5.91 Å². The molecule has 1 atom stereocenters. The van der Waals surface area contributed by atoms with E-state index >= 15 is 0 Å². The molecule has 1 amide bonds. The van der Waals surface area contributed by atoms with Crippen molar-refractivity contribution in [1.29, 1.82) is 0 Å². The Morgan fingerprint density at radius 3 is 3.05 bits per heavy atom. The molecule has 0 bridgehead atoms. The second kappa shape index (κ2) is 6.52. The van der Waals surface area contributed by atoms with Crippen LogP contribution >= 0.6 is 0 Å². The van der Waals surface area contributed by atoms with E-state index in [4.69, 9.17) is 0 Å². The molecule has 1 fully saturated rings. The van der Waals surface area contributed by atoms with E-state index in [1.54, 1.807) is 6.20 Å². The molecule has 0 radical (unpaired) electrons. The van der Waals surface area contributed by atoms with Gasteiger partial charge in [0, 0.05) is 20.3 Å². The maximum absolute atomic E-state index is 12.3. The van der Waals surface area contributed by atoms with Gasteiger partial charge in [-0.2, -0.15) is 0 Å². The predicted octanol–water partition coefficient (Wildman–Crippen LogP) is 1.62. The molecule has 1 aromatic rings. The summed E-state index contributed by atoms with van der Waals surface area (Å²) in [5, 5.41) is 6.29. The van der Waals surface area contributed by atoms with Crippen molar-refractivity contribution < 1.29 is 4.79 Å². The van der Waals surface area contributed by atoms with Gasteiger partial charge >= 0.3 is 0 Å². The highest BCUT2D eigenvalue weighted by atomic mass is 16.2. The standard InChI is InChI=1S/C14H22N4O/c1-18(2)13-11(8-6-10-16-13)17-14(19)12-7-4-3-5-9-15-12/h6,8,10,12,15H,3-5,7,9H2,1-2H3,(H,17,19). The fourth-order valence-electron chi connectivity index (χ4n) is 2.32. The number of aromatic nitrogens is 1. The van der Waals surface area contributed by atoms with Gasteiger partial charge in [0.05, 0.1) is 11.7 Å². The Bertz CT molecular complexity index is 425. The summed E-state index contributed by atoms with van der Waals surface area (Å²) < 4.78 is 0. The van der Waals surface area contributed by atoms with Crippen molar-refractivity contribution in [3.63, 3.8) is 0 Å². The molecule has 5 nitrogen and oxygen atoms in total. The number of nitrogens with zero attached hydrogens (tertiary/aromatic N) is 2. The van der Waals surface area contributed by atoms with Crippen LogP contribution in [0.5, 0.6) is 0 Å². The topological polar surface area (TPSA) is 57.3 Å².